The van der Waals surface area contributed by atoms with Crippen LogP contribution in [0.25, 0.3) is 5.57 Å². The molecule has 2 aliphatic heterocycles. The van der Waals surface area contributed by atoms with Crippen LogP contribution in [0.1, 0.15) is 12.5 Å². The van der Waals surface area contributed by atoms with E-state index >= 15 is 0 Å². The molecule has 0 radical (unpaired) electrons. The van der Waals surface area contributed by atoms with Gasteiger partial charge in [0.25, 0.3) is 11.8 Å². The zero-order valence-corrected chi connectivity index (χ0v) is 11.9. The lowest BCUT2D eigenvalue weighted by Crippen LogP contribution is -2.31. The van der Waals surface area contributed by atoms with Crippen LogP contribution in [0.4, 0.5) is 5.69 Å². The Morgan fingerprint density at radius 3 is 2.60 bits per heavy atom. The van der Waals surface area contributed by atoms with Gasteiger partial charge in [0.05, 0.1) is 16.2 Å². The second-order valence-electron chi connectivity index (χ2n) is 4.22. The Morgan fingerprint density at radius 2 is 2.00 bits per heavy atom. The summed E-state index contributed by atoms with van der Waals surface area (Å²) in [5.74, 6) is -1.27. The molecule has 0 atom stereocenters. The summed E-state index contributed by atoms with van der Waals surface area (Å²) in [6, 6.07) is 6.89. The number of amides is 3. The van der Waals surface area contributed by atoms with Crippen LogP contribution in [-0.4, -0.2) is 22.0 Å². The maximum absolute atomic E-state index is 12.5. The van der Waals surface area contributed by atoms with Crippen LogP contribution in [-0.2, 0) is 14.4 Å². The molecule has 20 heavy (non-hydrogen) atoms. The molecule has 1 N–H and O–H groups in total. The first-order valence-corrected chi connectivity index (χ1v) is 6.95. The van der Waals surface area contributed by atoms with Crippen molar-refractivity contribution >= 4 is 57.3 Å². The molecule has 3 amide bonds. The Morgan fingerprint density at radius 1 is 1.30 bits per heavy atom. The number of carbonyl (C=O) groups is 3. The lowest BCUT2D eigenvalue weighted by molar-refractivity contribution is -0.122. The molecule has 2 aliphatic rings. The van der Waals surface area contributed by atoms with Crippen LogP contribution in [0.15, 0.2) is 29.2 Å². The third-order valence-corrected chi connectivity index (χ3v) is 4.22. The van der Waals surface area contributed by atoms with Gasteiger partial charge in [-0.15, -0.1) is 0 Å². The van der Waals surface area contributed by atoms with Gasteiger partial charge in [0.1, 0.15) is 4.32 Å². The molecule has 0 spiro atoms. The molecule has 2 heterocycles. The van der Waals surface area contributed by atoms with Crippen molar-refractivity contribution in [3.63, 3.8) is 0 Å². The fourth-order valence-corrected chi connectivity index (χ4v) is 3.34. The Balaban J connectivity index is 2.26. The maximum Gasteiger partial charge on any atom is 0.267 e. The van der Waals surface area contributed by atoms with Gasteiger partial charge in [-0.2, -0.15) is 0 Å². The predicted molar refractivity (Wildman–Crippen MR) is 79.9 cm³/mol. The van der Waals surface area contributed by atoms with Gasteiger partial charge in [-0.3, -0.25) is 14.4 Å². The fourth-order valence-electron chi connectivity index (χ4n) is 2.23. The van der Waals surface area contributed by atoms with Gasteiger partial charge < -0.3 is 5.32 Å². The molecule has 0 bridgehead atoms. The predicted octanol–water partition coefficient (Wildman–Crippen LogP) is 1.44. The molecular formula is C13H8N2O3S2. The maximum atomic E-state index is 12.5. The minimum Gasteiger partial charge on any atom is -0.307 e. The Bertz CT molecular complexity index is 724. The molecular weight excluding hydrogens is 296 g/mol. The van der Waals surface area contributed by atoms with E-state index in [2.05, 4.69) is 5.32 Å². The SMILES string of the molecule is CC(=O)N1C(=O)/C(=C2\SC(=S)NC2=O)c2ccccc21. The number of fused-ring (bicyclic) bond motifs is 1. The van der Waals surface area contributed by atoms with E-state index < -0.39 is 11.8 Å². The molecule has 0 saturated carbocycles. The first kappa shape index (κ1) is 13.0. The molecule has 7 heteroatoms. The number of anilines is 1. The summed E-state index contributed by atoms with van der Waals surface area (Å²) in [5, 5.41) is 2.48. The monoisotopic (exact) mass is 304 g/mol. The Kier molecular flexibility index (Phi) is 2.95. The summed E-state index contributed by atoms with van der Waals surface area (Å²) in [7, 11) is 0. The summed E-state index contributed by atoms with van der Waals surface area (Å²) in [4.78, 5) is 37.3. The van der Waals surface area contributed by atoms with Crippen LogP contribution in [0.3, 0.4) is 0 Å². The van der Waals surface area contributed by atoms with Gasteiger partial charge in [-0.05, 0) is 6.07 Å². The topological polar surface area (TPSA) is 66.5 Å². The van der Waals surface area contributed by atoms with Gasteiger partial charge in [0, 0.05) is 12.5 Å². The van der Waals surface area contributed by atoms with Gasteiger partial charge in [-0.25, -0.2) is 4.90 Å². The summed E-state index contributed by atoms with van der Waals surface area (Å²) < 4.78 is 0.309. The summed E-state index contributed by atoms with van der Waals surface area (Å²) in [5.41, 5.74) is 1.31. The lowest BCUT2D eigenvalue weighted by atomic mass is 10.1. The van der Waals surface area contributed by atoms with Crippen LogP contribution in [0, 0.1) is 0 Å². The van der Waals surface area contributed by atoms with Crippen LogP contribution >= 0.6 is 24.0 Å². The first-order chi connectivity index (χ1) is 9.50. The highest BCUT2D eigenvalue weighted by molar-refractivity contribution is 8.27. The first-order valence-electron chi connectivity index (χ1n) is 5.72. The number of nitrogens with zero attached hydrogens (tertiary/aromatic N) is 1. The summed E-state index contributed by atoms with van der Waals surface area (Å²) in [6.07, 6.45) is 0. The van der Waals surface area contributed by atoms with Gasteiger partial charge in [0.15, 0.2) is 0 Å². The summed E-state index contributed by atoms with van der Waals surface area (Å²) in [6.45, 7) is 1.31. The van der Waals surface area contributed by atoms with E-state index in [1.165, 1.54) is 6.92 Å². The standard InChI is InChI=1S/C13H8N2O3S2/c1-6(16)15-8-5-3-2-4-7(8)9(12(15)18)10-11(17)14-13(19)20-10/h2-5H,1H3,(H,14,17,19)/b10-9-. The number of hydrogen-bond acceptors (Lipinski definition) is 5. The van der Waals surface area contributed by atoms with E-state index in [1.54, 1.807) is 24.3 Å². The molecule has 1 fully saturated rings. The van der Waals surface area contributed by atoms with Crippen LogP contribution in [0.2, 0.25) is 0 Å². The fraction of sp³-hybridized carbons (Fsp3) is 0.0769. The Hall–Kier alpha value is -1.99. The number of nitrogens with one attached hydrogen (secondary N) is 1. The minimum atomic E-state index is -0.485. The van der Waals surface area contributed by atoms with Gasteiger partial charge in [0.2, 0.25) is 5.91 Å². The quantitative estimate of drug-likeness (QED) is 0.580. The number of thiocarbonyl (C=S) groups is 1. The summed E-state index contributed by atoms with van der Waals surface area (Å²) >= 11 is 5.98. The number of para-hydroxylation sites is 1. The minimum absolute atomic E-state index is 0.234. The molecule has 100 valence electrons. The molecule has 1 aromatic rings. The average molecular weight is 304 g/mol. The van der Waals surface area contributed by atoms with E-state index in [0.717, 1.165) is 16.7 Å². The van der Waals surface area contributed by atoms with Crippen molar-refractivity contribution in [2.45, 2.75) is 6.92 Å². The third kappa shape index (κ3) is 1.78. The zero-order chi connectivity index (χ0) is 14.4. The average Bonchev–Trinajstić information content (AvgIpc) is 2.85. The molecule has 1 saturated heterocycles. The van der Waals surface area contributed by atoms with Crippen LogP contribution < -0.4 is 10.2 Å². The zero-order valence-electron chi connectivity index (χ0n) is 10.3. The smallest absolute Gasteiger partial charge is 0.267 e. The van der Waals surface area contributed by atoms with Crippen molar-refractivity contribution < 1.29 is 14.4 Å². The van der Waals surface area contributed by atoms with Gasteiger partial charge >= 0.3 is 0 Å². The molecule has 1 aromatic carbocycles. The third-order valence-electron chi connectivity index (χ3n) is 2.99. The molecule has 5 nitrogen and oxygen atoms in total. The normalized spacial score (nSPS) is 21.2. The highest BCUT2D eigenvalue weighted by atomic mass is 32.2. The molecule has 0 aliphatic carbocycles. The van der Waals surface area contributed by atoms with E-state index in [9.17, 15) is 14.4 Å². The highest BCUT2D eigenvalue weighted by Gasteiger charge is 2.40. The van der Waals surface area contributed by atoms with E-state index in [0.29, 0.717) is 15.6 Å². The lowest BCUT2D eigenvalue weighted by Gasteiger charge is -2.11. The van der Waals surface area contributed by atoms with Crippen molar-refractivity contribution in [1.29, 1.82) is 0 Å². The van der Waals surface area contributed by atoms with Crippen molar-refractivity contribution in [2.24, 2.45) is 0 Å². The Labute approximate surface area is 124 Å². The van der Waals surface area contributed by atoms with E-state index in [1.807, 2.05) is 0 Å². The number of benzene rings is 1. The van der Waals surface area contributed by atoms with Crippen LogP contribution in [0.5, 0.6) is 0 Å². The van der Waals surface area contributed by atoms with Crippen molar-refractivity contribution in [3.05, 3.63) is 34.7 Å². The highest BCUT2D eigenvalue weighted by Crippen LogP contribution is 2.42. The van der Waals surface area contributed by atoms with Crippen molar-refractivity contribution in [3.8, 4) is 0 Å². The second-order valence-corrected chi connectivity index (χ2v) is 5.91. The van der Waals surface area contributed by atoms with Crippen molar-refractivity contribution in [1.82, 2.24) is 5.32 Å². The molecule has 0 aromatic heterocycles. The molecule has 0 unspecified atom stereocenters. The van der Waals surface area contributed by atoms with E-state index in [4.69, 9.17) is 12.2 Å². The largest absolute Gasteiger partial charge is 0.307 e. The van der Waals surface area contributed by atoms with Gasteiger partial charge in [-0.1, -0.05) is 42.2 Å². The number of thioether (sulfide) groups is 1. The number of hydrogen-bond donors (Lipinski definition) is 1. The number of carbonyl (C=O) groups excluding carboxylic acids is 3. The number of imide groups is 1. The van der Waals surface area contributed by atoms with E-state index in [-0.39, 0.29) is 16.4 Å². The van der Waals surface area contributed by atoms with Crippen molar-refractivity contribution in [2.75, 3.05) is 4.90 Å². The number of rotatable bonds is 0. The second kappa shape index (κ2) is 4.53. The molecule has 3 rings (SSSR count).